The number of nitrogens with zero attached hydrogens (tertiary/aromatic N) is 3. The number of rotatable bonds is 8. The first-order valence-corrected chi connectivity index (χ1v) is 10.1. The highest BCUT2D eigenvalue weighted by Gasteiger charge is 2.45. The van der Waals surface area contributed by atoms with Crippen molar-refractivity contribution in [2.75, 3.05) is 6.61 Å². The van der Waals surface area contributed by atoms with Crippen LogP contribution in [0.3, 0.4) is 0 Å². The molecule has 1 aliphatic heterocycles. The van der Waals surface area contributed by atoms with E-state index in [2.05, 4.69) is 15.6 Å². The van der Waals surface area contributed by atoms with E-state index in [1.54, 1.807) is 20.0 Å². The molecular weight excluding hydrogens is 420 g/mol. The Labute approximate surface area is 183 Å². The van der Waals surface area contributed by atoms with E-state index in [0.717, 1.165) is 5.56 Å². The van der Waals surface area contributed by atoms with E-state index in [-0.39, 0.29) is 5.91 Å². The average Bonchev–Trinajstić information content (AvgIpc) is 3.28. The highest BCUT2D eigenvalue weighted by atomic mass is 16.5. The number of aliphatic hydroxyl groups is 3. The number of carboxylic acids is 1. The van der Waals surface area contributed by atoms with Gasteiger partial charge in [0, 0.05) is 11.5 Å². The maximum Gasteiger partial charge on any atom is 0.370 e. The van der Waals surface area contributed by atoms with E-state index in [1.807, 2.05) is 30.3 Å². The molecule has 2 heterocycles. The summed E-state index contributed by atoms with van der Waals surface area (Å²) >= 11 is 0. The lowest BCUT2D eigenvalue weighted by Gasteiger charge is -2.40. The standard InChI is InChI=1S/C21H26N4O7/c1-11(2)20(29)22-17-14(25-9-13(23-24-25)12-6-4-3-5-7-12)8-16(21(30)31)32-19(17)18(28)15(27)10-26/h3-9,11,14-15,17-19,26-28H,10H2,1-2H3,(H,22,29)(H,30,31)/t14-,15?,17+,18+,19+/m0/s1. The Bertz CT molecular complexity index is 976. The molecule has 0 saturated heterocycles. The van der Waals surface area contributed by atoms with Crippen molar-refractivity contribution in [2.45, 2.75) is 44.2 Å². The lowest BCUT2D eigenvalue weighted by Crippen LogP contribution is -2.59. The SMILES string of the molecule is CC(C)C(=O)N[C@H]1[C@H]([C@H](O)C(O)CO)OC(C(=O)O)=C[C@@H]1n1cc(-c2ccccc2)nn1. The predicted molar refractivity (Wildman–Crippen MR) is 111 cm³/mol. The van der Waals surface area contributed by atoms with Crippen LogP contribution in [0.4, 0.5) is 0 Å². The Morgan fingerprint density at radius 3 is 2.50 bits per heavy atom. The third kappa shape index (κ3) is 4.96. The molecule has 0 bridgehead atoms. The van der Waals surface area contributed by atoms with E-state index >= 15 is 0 Å². The molecule has 5 N–H and O–H groups in total. The molecule has 1 unspecified atom stereocenters. The van der Waals surface area contributed by atoms with E-state index in [9.17, 15) is 30.0 Å². The van der Waals surface area contributed by atoms with Crippen LogP contribution >= 0.6 is 0 Å². The van der Waals surface area contributed by atoms with Crippen molar-refractivity contribution in [2.24, 2.45) is 5.92 Å². The van der Waals surface area contributed by atoms with Crippen LogP contribution in [0.15, 0.2) is 48.4 Å². The average molecular weight is 446 g/mol. The van der Waals surface area contributed by atoms with Gasteiger partial charge in [-0.05, 0) is 6.08 Å². The minimum Gasteiger partial charge on any atom is -0.478 e. The summed E-state index contributed by atoms with van der Waals surface area (Å²) in [6.45, 7) is 2.55. The first-order chi connectivity index (χ1) is 15.2. The summed E-state index contributed by atoms with van der Waals surface area (Å²) in [5, 5.41) is 50.3. The summed E-state index contributed by atoms with van der Waals surface area (Å²) in [5.74, 6) is -2.69. The minimum atomic E-state index is -1.69. The van der Waals surface area contributed by atoms with E-state index in [0.29, 0.717) is 5.69 Å². The topological polar surface area (TPSA) is 167 Å². The van der Waals surface area contributed by atoms with Gasteiger partial charge in [-0.25, -0.2) is 9.48 Å². The lowest BCUT2D eigenvalue weighted by atomic mass is 9.91. The van der Waals surface area contributed by atoms with Gasteiger partial charge in [0.05, 0.1) is 24.9 Å². The van der Waals surface area contributed by atoms with Crippen LogP contribution in [0.25, 0.3) is 11.3 Å². The van der Waals surface area contributed by atoms with Gasteiger partial charge in [0.1, 0.15) is 24.0 Å². The number of benzene rings is 1. The van der Waals surface area contributed by atoms with Gasteiger partial charge in [0.25, 0.3) is 0 Å². The Morgan fingerprint density at radius 2 is 1.91 bits per heavy atom. The Kier molecular flexibility index (Phi) is 7.23. The van der Waals surface area contributed by atoms with Crippen molar-refractivity contribution in [1.82, 2.24) is 20.3 Å². The number of hydrogen-bond acceptors (Lipinski definition) is 8. The smallest absolute Gasteiger partial charge is 0.370 e. The molecule has 1 aromatic heterocycles. The lowest BCUT2D eigenvalue weighted by molar-refractivity contribution is -0.147. The van der Waals surface area contributed by atoms with Gasteiger partial charge in [0.2, 0.25) is 11.7 Å². The molecular formula is C21H26N4O7. The van der Waals surface area contributed by atoms with E-state index < -0.39 is 54.6 Å². The Hall–Kier alpha value is -3.28. The number of carbonyl (C=O) groups excluding carboxylic acids is 1. The van der Waals surface area contributed by atoms with Gasteiger partial charge < -0.3 is 30.5 Å². The first-order valence-electron chi connectivity index (χ1n) is 10.1. The second kappa shape index (κ2) is 9.90. The largest absolute Gasteiger partial charge is 0.478 e. The zero-order valence-electron chi connectivity index (χ0n) is 17.6. The summed E-state index contributed by atoms with van der Waals surface area (Å²) in [6, 6.07) is 7.25. The molecule has 5 atom stereocenters. The fourth-order valence-corrected chi connectivity index (χ4v) is 3.35. The maximum absolute atomic E-state index is 12.5. The van der Waals surface area contributed by atoms with Gasteiger partial charge in [-0.15, -0.1) is 5.10 Å². The number of aromatic nitrogens is 3. The third-order valence-corrected chi connectivity index (χ3v) is 5.15. The van der Waals surface area contributed by atoms with Crippen LogP contribution in [0.2, 0.25) is 0 Å². The number of hydrogen-bond donors (Lipinski definition) is 5. The number of carboxylic acid groups (broad SMARTS) is 1. The molecule has 3 rings (SSSR count). The first kappa shape index (κ1) is 23.4. The summed E-state index contributed by atoms with van der Waals surface area (Å²) < 4.78 is 6.80. The molecule has 1 amide bonds. The van der Waals surface area contributed by atoms with Crippen LogP contribution < -0.4 is 5.32 Å². The Morgan fingerprint density at radius 1 is 1.22 bits per heavy atom. The maximum atomic E-state index is 12.5. The monoisotopic (exact) mass is 446 g/mol. The molecule has 2 aromatic rings. The van der Waals surface area contributed by atoms with E-state index in [1.165, 1.54) is 10.8 Å². The summed E-state index contributed by atoms with van der Waals surface area (Å²) in [6.07, 6.45) is -1.86. The molecule has 11 nitrogen and oxygen atoms in total. The molecule has 11 heteroatoms. The van der Waals surface area contributed by atoms with Crippen molar-refractivity contribution in [3.8, 4) is 11.3 Å². The van der Waals surface area contributed by atoms with Gasteiger partial charge >= 0.3 is 5.97 Å². The van der Waals surface area contributed by atoms with Crippen molar-refractivity contribution in [3.05, 3.63) is 48.4 Å². The number of amides is 1. The molecule has 1 aliphatic rings. The second-order valence-electron chi connectivity index (χ2n) is 7.79. The summed E-state index contributed by atoms with van der Waals surface area (Å²) in [7, 11) is 0. The van der Waals surface area contributed by atoms with Gasteiger partial charge in [-0.1, -0.05) is 49.4 Å². The molecule has 32 heavy (non-hydrogen) atoms. The molecule has 0 spiro atoms. The van der Waals surface area contributed by atoms with Crippen molar-refractivity contribution in [1.29, 1.82) is 0 Å². The number of nitrogens with one attached hydrogen (secondary N) is 1. The highest BCUT2D eigenvalue weighted by Crippen LogP contribution is 2.31. The zero-order valence-corrected chi connectivity index (χ0v) is 17.6. The zero-order chi connectivity index (χ0) is 23.4. The number of carbonyl (C=O) groups is 2. The van der Waals surface area contributed by atoms with Gasteiger partial charge in [0.15, 0.2) is 0 Å². The fourth-order valence-electron chi connectivity index (χ4n) is 3.35. The molecule has 1 aromatic carbocycles. The van der Waals surface area contributed by atoms with Crippen molar-refractivity contribution < 1.29 is 34.8 Å². The van der Waals surface area contributed by atoms with Crippen LogP contribution in [-0.4, -0.2) is 78.3 Å². The number of aliphatic carboxylic acids is 1. The third-order valence-electron chi connectivity index (χ3n) is 5.15. The molecule has 0 radical (unpaired) electrons. The molecule has 0 saturated carbocycles. The van der Waals surface area contributed by atoms with Gasteiger partial charge in [-0.2, -0.15) is 0 Å². The van der Waals surface area contributed by atoms with E-state index in [4.69, 9.17) is 4.74 Å². The second-order valence-corrected chi connectivity index (χ2v) is 7.79. The minimum absolute atomic E-state index is 0.380. The van der Waals surface area contributed by atoms with Gasteiger partial charge in [-0.3, -0.25) is 4.79 Å². The highest BCUT2D eigenvalue weighted by molar-refractivity contribution is 5.85. The van der Waals surface area contributed by atoms with Crippen LogP contribution in [0.1, 0.15) is 19.9 Å². The number of ether oxygens (including phenoxy) is 1. The van der Waals surface area contributed by atoms with Crippen molar-refractivity contribution >= 4 is 11.9 Å². The summed E-state index contributed by atoms with van der Waals surface area (Å²) in [5.41, 5.74) is 1.30. The summed E-state index contributed by atoms with van der Waals surface area (Å²) in [4.78, 5) is 24.2. The fraction of sp³-hybridized carbons (Fsp3) is 0.429. The molecule has 0 fully saturated rings. The molecule has 172 valence electrons. The molecule has 0 aliphatic carbocycles. The van der Waals surface area contributed by atoms with Crippen LogP contribution in [-0.2, 0) is 14.3 Å². The van der Waals surface area contributed by atoms with Crippen LogP contribution in [0, 0.1) is 5.92 Å². The Balaban J connectivity index is 2.05. The number of aliphatic hydroxyl groups excluding tert-OH is 3. The van der Waals surface area contributed by atoms with Crippen molar-refractivity contribution in [3.63, 3.8) is 0 Å². The predicted octanol–water partition coefficient (Wildman–Crippen LogP) is -0.292. The normalized spacial score (nSPS) is 22.6. The van der Waals surface area contributed by atoms with Crippen LogP contribution in [0.5, 0.6) is 0 Å². The quantitative estimate of drug-likeness (QED) is 0.366.